The maximum absolute atomic E-state index is 10.6. The van der Waals surface area contributed by atoms with Gasteiger partial charge in [-0.2, -0.15) is 0 Å². The van der Waals surface area contributed by atoms with E-state index >= 15 is 0 Å². The van der Waals surface area contributed by atoms with E-state index in [-0.39, 0.29) is 18.5 Å². The molecule has 0 saturated heterocycles. The molecule has 1 radical (unpaired) electrons. The molecule has 6 nitrogen and oxygen atoms in total. The van der Waals surface area contributed by atoms with Gasteiger partial charge in [-0.1, -0.05) is 6.32 Å². The zero-order valence-electron chi connectivity index (χ0n) is 10.3. The molecule has 0 aliphatic heterocycles. The summed E-state index contributed by atoms with van der Waals surface area (Å²) in [6.07, 6.45) is 1.45. The van der Waals surface area contributed by atoms with Crippen LogP contribution < -0.4 is 5.73 Å². The third kappa shape index (κ3) is 17.3. The minimum atomic E-state index is -0.345. The number of carbonyl (C=O) groups is 3. The molecule has 0 saturated carbocycles. The SMILES string of the molecule is CCOC(=O)CC[B]C=O.CCOC(=O)CN. The Morgan fingerprint density at radius 2 is 1.71 bits per heavy atom. The van der Waals surface area contributed by atoms with Gasteiger partial charge in [-0.15, -0.1) is 0 Å². The quantitative estimate of drug-likeness (QED) is 0.287. The number of hydrogen-bond acceptors (Lipinski definition) is 6. The van der Waals surface area contributed by atoms with Crippen LogP contribution in [0.25, 0.3) is 0 Å². The standard InChI is InChI=1S/C6H10BO3.C4H9NO2/c1-2-10-6(9)3-4-7-5-8;1-2-7-4(6)3-5/h5H,2-4H2,1H3;2-3,5H2,1H3. The van der Waals surface area contributed by atoms with Crippen molar-refractivity contribution >= 4 is 25.4 Å². The van der Waals surface area contributed by atoms with Gasteiger partial charge in [0.25, 0.3) is 0 Å². The third-order valence-electron chi connectivity index (χ3n) is 1.39. The van der Waals surface area contributed by atoms with Crippen LogP contribution in [0.5, 0.6) is 0 Å². The summed E-state index contributed by atoms with van der Waals surface area (Å²) in [5, 5.41) is 0. The summed E-state index contributed by atoms with van der Waals surface area (Å²) in [6.45, 7) is 4.29. The number of nitrogens with two attached hydrogens (primary N) is 1. The first-order valence-corrected chi connectivity index (χ1v) is 5.40. The van der Waals surface area contributed by atoms with E-state index in [0.717, 1.165) is 0 Å². The first-order valence-electron chi connectivity index (χ1n) is 5.40. The second-order valence-electron chi connectivity index (χ2n) is 2.72. The number of hydrogen-bond donors (Lipinski definition) is 1. The van der Waals surface area contributed by atoms with Crippen molar-refractivity contribution in [3.63, 3.8) is 0 Å². The molecular weight excluding hydrogens is 225 g/mol. The lowest BCUT2D eigenvalue weighted by atomic mass is 9.76. The molecule has 0 aromatic heterocycles. The van der Waals surface area contributed by atoms with Crippen LogP contribution in [0.2, 0.25) is 6.32 Å². The normalized spacial score (nSPS) is 8.41. The predicted molar refractivity (Wildman–Crippen MR) is 64.2 cm³/mol. The molecular formula is C10H19BNO5. The molecule has 7 heteroatoms. The van der Waals surface area contributed by atoms with E-state index in [1.165, 1.54) is 7.28 Å². The molecule has 97 valence electrons. The smallest absolute Gasteiger partial charge is 0.319 e. The van der Waals surface area contributed by atoms with Gasteiger partial charge in [-0.25, -0.2) is 0 Å². The Hall–Kier alpha value is -1.37. The zero-order valence-corrected chi connectivity index (χ0v) is 10.3. The molecule has 0 bridgehead atoms. The molecule has 0 aromatic carbocycles. The average Bonchev–Trinajstić information content (AvgIpc) is 2.31. The Bertz CT molecular complexity index is 223. The fourth-order valence-corrected chi connectivity index (χ4v) is 0.722. The summed E-state index contributed by atoms with van der Waals surface area (Å²) in [6, 6.07) is 0. The molecule has 0 aliphatic carbocycles. The number of esters is 2. The van der Waals surface area contributed by atoms with E-state index in [1.807, 2.05) is 0 Å². The van der Waals surface area contributed by atoms with Gasteiger partial charge in [-0.05, 0) is 13.8 Å². The molecule has 0 fully saturated rings. The summed E-state index contributed by atoms with van der Waals surface area (Å²) in [7, 11) is 1.40. The lowest BCUT2D eigenvalue weighted by molar-refractivity contribution is -0.143. The average molecular weight is 244 g/mol. The Kier molecular flexibility index (Phi) is 15.5. The molecule has 0 spiro atoms. The molecule has 0 unspecified atom stereocenters. The fraction of sp³-hybridized carbons (Fsp3) is 0.700. The minimum absolute atomic E-state index is 0.0200. The van der Waals surface area contributed by atoms with Crippen LogP contribution in [-0.4, -0.2) is 45.2 Å². The summed E-state index contributed by atoms with van der Waals surface area (Å²) in [4.78, 5) is 30.4. The van der Waals surface area contributed by atoms with Gasteiger partial charge in [0.05, 0.1) is 25.9 Å². The van der Waals surface area contributed by atoms with Gasteiger partial charge in [0.1, 0.15) is 0 Å². The van der Waals surface area contributed by atoms with Gasteiger partial charge in [0, 0.05) is 6.42 Å². The van der Waals surface area contributed by atoms with Gasteiger partial charge >= 0.3 is 11.9 Å². The summed E-state index contributed by atoms with van der Waals surface area (Å²) < 4.78 is 9.04. The van der Waals surface area contributed by atoms with E-state index in [2.05, 4.69) is 9.47 Å². The Labute approximate surface area is 102 Å². The van der Waals surface area contributed by atoms with Crippen molar-refractivity contribution < 1.29 is 23.9 Å². The van der Waals surface area contributed by atoms with Crippen molar-refractivity contribution in [2.75, 3.05) is 19.8 Å². The van der Waals surface area contributed by atoms with Crippen LogP contribution in [0.15, 0.2) is 0 Å². The fourth-order valence-electron chi connectivity index (χ4n) is 0.722. The third-order valence-corrected chi connectivity index (χ3v) is 1.39. The Morgan fingerprint density at radius 3 is 2.06 bits per heavy atom. The van der Waals surface area contributed by atoms with Crippen molar-refractivity contribution in [1.29, 1.82) is 0 Å². The molecule has 0 atom stereocenters. The highest BCUT2D eigenvalue weighted by molar-refractivity contribution is 6.66. The second-order valence-corrected chi connectivity index (χ2v) is 2.72. The lowest BCUT2D eigenvalue weighted by Gasteiger charge is -1.97. The van der Waals surface area contributed by atoms with Gasteiger partial charge < -0.3 is 20.0 Å². The summed E-state index contributed by atoms with van der Waals surface area (Å²) in [5.41, 5.74) is 4.88. The summed E-state index contributed by atoms with van der Waals surface area (Å²) >= 11 is 0. The number of ether oxygens (including phenoxy) is 2. The Balaban J connectivity index is 0. The van der Waals surface area contributed by atoms with Crippen LogP contribution in [0, 0.1) is 0 Å². The molecule has 17 heavy (non-hydrogen) atoms. The van der Waals surface area contributed by atoms with Crippen LogP contribution in [-0.2, 0) is 23.9 Å². The minimum Gasteiger partial charge on any atom is -0.466 e. The topological polar surface area (TPSA) is 95.7 Å². The monoisotopic (exact) mass is 244 g/mol. The van der Waals surface area contributed by atoms with Gasteiger partial charge in [0.15, 0.2) is 7.28 Å². The van der Waals surface area contributed by atoms with E-state index < -0.39 is 0 Å². The van der Waals surface area contributed by atoms with Crippen molar-refractivity contribution in [3.8, 4) is 0 Å². The Morgan fingerprint density at radius 1 is 1.18 bits per heavy atom. The van der Waals surface area contributed by atoms with E-state index in [0.29, 0.717) is 32.1 Å². The molecule has 0 aromatic rings. The van der Waals surface area contributed by atoms with Crippen LogP contribution in [0.3, 0.4) is 0 Å². The van der Waals surface area contributed by atoms with E-state index in [1.54, 1.807) is 13.8 Å². The van der Waals surface area contributed by atoms with Crippen LogP contribution in [0.4, 0.5) is 0 Å². The first-order chi connectivity index (χ1) is 8.12. The van der Waals surface area contributed by atoms with Crippen molar-refractivity contribution in [2.24, 2.45) is 5.73 Å². The lowest BCUT2D eigenvalue weighted by Crippen LogP contribution is -2.16. The number of rotatable bonds is 7. The maximum atomic E-state index is 10.6. The molecule has 0 heterocycles. The van der Waals surface area contributed by atoms with Crippen molar-refractivity contribution in [1.82, 2.24) is 0 Å². The van der Waals surface area contributed by atoms with Crippen molar-refractivity contribution in [2.45, 2.75) is 26.6 Å². The second kappa shape index (κ2) is 14.6. The van der Waals surface area contributed by atoms with Gasteiger partial charge in [0.2, 0.25) is 0 Å². The maximum Gasteiger partial charge on any atom is 0.319 e. The molecule has 0 aliphatic rings. The van der Waals surface area contributed by atoms with Crippen molar-refractivity contribution in [3.05, 3.63) is 0 Å². The predicted octanol–water partition coefficient (Wildman–Crippen LogP) is -0.239. The largest absolute Gasteiger partial charge is 0.466 e. The number of carbonyl (C=O) groups excluding carboxylic acids is 3. The first kappa shape index (κ1) is 18.0. The van der Waals surface area contributed by atoms with Crippen LogP contribution >= 0.6 is 0 Å². The summed E-state index contributed by atoms with van der Waals surface area (Å²) in [5.74, 6) is -0.594. The van der Waals surface area contributed by atoms with E-state index in [4.69, 9.17) is 5.73 Å². The van der Waals surface area contributed by atoms with E-state index in [9.17, 15) is 14.4 Å². The highest BCUT2D eigenvalue weighted by Gasteiger charge is 1.99. The molecule has 0 amide bonds. The highest BCUT2D eigenvalue weighted by atomic mass is 16.5. The zero-order chi connectivity index (χ0) is 13.5. The van der Waals surface area contributed by atoms with Gasteiger partial charge in [-0.3, -0.25) is 9.59 Å². The molecule has 0 rings (SSSR count). The highest BCUT2D eigenvalue weighted by Crippen LogP contribution is 1.90. The molecule has 2 N–H and O–H groups in total. The van der Waals surface area contributed by atoms with Crippen LogP contribution in [0.1, 0.15) is 20.3 Å².